The predicted molar refractivity (Wildman–Crippen MR) is 58.6 cm³/mol. The third-order valence-corrected chi connectivity index (χ3v) is 2.33. The van der Waals surface area contributed by atoms with Crippen molar-refractivity contribution in [1.29, 1.82) is 0 Å². The third kappa shape index (κ3) is 1.92. The first-order valence-corrected chi connectivity index (χ1v) is 4.92. The molecule has 2 rings (SSSR count). The number of carbonyl (C=O) groups is 1. The molecule has 1 heterocycles. The van der Waals surface area contributed by atoms with Crippen molar-refractivity contribution in [2.24, 2.45) is 0 Å². The predicted octanol–water partition coefficient (Wildman–Crippen LogP) is 3.00. The number of carboxylic acids is 1. The first-order valence-electron chi connectivity index (χ1n) is 4.54. The standard InChI is InChI=1S/C11H8ClNO3/c1-6-9(11(14)15)16-10(13-6)7-2-4-8(12)5-3-7/h2-5H,1H3,(H,14,15). The van der Waals surface area contributed by atoms with Crippen LogP contribution in [0, 0.1) is 6.92 Å². The molecule has 0 aliphatic heterocycles. The highest BCUT2D eigenvalue weighted by Gasteiger charge is 2.16. The van der Waals surface area contributed by atoms with Crippen LogP contribution in [0.4, 0.5) is 0 Å². The third-order valence-electron chi connectivity index (χ3n) is 2.08. The molecule has 1 aromatic heterocycles. The Labute approximate surface area is 96.5 Å². The number of aromatic carboxylic acids is 1. The lowest BCUT2D eigenvalue weighted by molar-refractivity contribution is 0.0662. The number of benzene rings is 1. The minimum absolute atomic E-state index is 0.134. The van der Waals surface area contributed by atoms with Crippen LogP contribution in [-0.4, -0.2) is 16.1 Å². The molecule has 0 radical (unpaired) electrons. The highest BCUT2D eigenvalue weighted by atomic mass is 35.5. The number of aromatic nitrogens is 1. The summed E-state index contributed by atoms with van der Waals surface area (Å²) in [5.41, 5.74) is 1.05. The molecule has 82 valence electrons. The quantitative estimate of drug-likeness (QED) is 0.872. The fourth-order valence-electron chi connectivity index (χ4n) is 1.31. The number of halogens is 1. The summed E-state index contributed by atoms with van der Waals surface area (Å²) in [6, 6.07) is 6.83. The fourth-order valence-corrected chi connectivity index (χ4v) is 1.44. The molecule has 0 aliphatic rings. The van der Waals surface area contributed by atoms with E-state index in [-0.39, 0.29) is 11.7 Å². The molecule has 0 saturated carbocycles. The van der Waals surface area contributed by atoms with Crippen LogP contribution < -0.4 is 0 Å². The normalized spacial score (nSPS) is 10.4. The van der Waals surface area contributed by atoms with Gasteiger partial charge in [-0.25, -0.2) is 9.78 Å². The van der Waals surface area contributed by atoms with E-state index in [1.807, 2.05) is 0 Å². The van der Waals surface area contributed by atoms with Gasteiger partial charge in [0.1, 0.15) is 0 Å². The van der Waals surface area contributed by atoms with Gasteiger partial charge in [0.25, 0.3) is 0 Å². The first-order chi connectivity index (χ1) is 7.58. The van der Waals surface area contributed by atoms with Gasteiger partial charge in [0, 0.05) is 10.6 Å². The maximum atomic E-state index is 10.8. The van der Waals surface area contributed by atoms with Crippen molar-refractivity contribution in [1.82, 2.24) is 4.98 Å². The summed E-state index contributed by atoms with van der Waals surface area (Å²) in [5.74, 6) is -0.971. The zero-order chi connectivity index (χ0) is 11.7. The van der Waals surface area contributed by atoms with Gasteiger partial charge in [-0.15, -0.1) is 0 Å². The van der Waals surface area contributed by atoms with Crippen molar-refractivity contribution in [3.8, 4) is 11.5 Å². The van der Waals surface area contributed by atoms with E-state index in [1.54, 1.807) is 31.2 Å². The second-order valence-corrected chi connectivity index (χ2v) is 3.68. The van der Waals surface area contributed by atoms with Crippen LogP contribution in [0.3, 0.4) is 0 Å². The van der Waals surface area contributed by atoms with Crippen LogP contribution in [0.25, 0.3) is 11.5 Å². The summed E-state index contributed by atoms with van der Waals surface area (Å²) >= 11 is 5.74. The highest BCUT2D eigenvalue weighted by Crippen LogP contribution is 2.23. The molecule has 4 nitrogen and oxygen atoms in total. The van der Waals surface area contributed by atoms with Crippen molar-refractivity contribution < 1.29 is 14.3 Å². The number of oxazole rings is 1. The zero-order valence-corrected chi connectivity index (χ0v) is 9.15. The van der Waals surface area contributed by atoms with Gasteiger partial charge in [0.15, 0.2) is 0 Å². The maximum Gasteiger partial charge on any atom is 0.373 e. The molecule has 1 N–H and O–H groups in total. The summed E-state index contributed by atoms with van der Waals surface area (Å²) in [6.45, 7) is 1.59. The topological polar surface area (TPSA) is 63.3 Å². The van der Waals surface area contributed by atoms with E-state index in [2.05, 4.69) is 4.98 Å². The molecule has 16 heavy (non-hydrogen) atoms. The summed E-state index contributed by atoms with van der Waals surface area (Å²) in [5, 5.41) is 9.42. The minimum Gasteiger partial charge on any atom is -0.475 e. The second-order valence-electron chi connectivity index (χ2n) is 3.25. The number of hydrogen-bond acceptors (Lipinski definition) is 3. The molecule has 0 saturated heterocycles. The average Bonchev–Trinajstić information content (AvgIpc) is 2.61. The molecule has 1 aromatic carbocycles. The van der Waals surface area contributed by atoms with E-state index in [0.29, 0.717) is 16.3 Å². The van der Waals surface area contributed by atoms with Crippen molar-refractivity contribution in [3.05, 3.63) is 40.7 Å². The van der Waals surface area contributed by atoms with Gasteiger partial charge in [-0.2, -0.15) is 0 Å². The van der Waals surface area contributed by atoms with E-state index in [4.69, 9.17) is 21.1 Å². The molecule has 0 fully saturated rings. The van der Waals surface area contributed by atoms with Gasteiger partial charge in [0.2, 0.25) is 11.7 Å². The maximum absolute atomic E-state index is 10.8. The van der Waals surface area contributed by atoms with Crippen LogP contribution in [0.1, 0.15) is 16.2 Å². The molecule has 0 bridgehead atoms. The summed E-state index contributed by atoms with van der Waals surface area (Å²) in [4.78, 5) is 14.8. The Hall–Kier alpha value is -1.81. The van der Waals surface area contributed by atoms with Crippen molar-refractivity contribution >= 4 is 17.6 Å². The lowest BCUT2D eigenvalue weighted by Crippen LogP contribution is -1.95. The Bertz CT molecular complexity index is 531. The number of carboxylic acid groups (broad SMARTS) is 1. The SMILES string of the molecule is Cc1nc(-c2ccc(Cl)cc2)oc1C(=O)O. The van der Waals surface area contributed by atoms with E-state index >= 15 is 0 Å². The van der Waals surface area contributed by atoms with Crippen LogP contribution in [0.5, 0.6) is 0 Å². The molecule has 0 amide bonds. The van der Waals surface area contributed by atoms with Crippen LogP contribution in [-0.2, 0) is 0 Å². The molecule has 0 unspecified atom stereocenters. The van der Waals surface area contributed by atoms with Gasteiger partial charge in [-0.3, -0.25) is 0 Å². The fraction of sp³-hybridized carbons (Fsp3) is 0.0909. The lowest BCUT2D eigenvalue weighted by Gasteiger charge is -1.94. The molecule has 5 heteroatoms. The summed E-state index contributed by atoms with van der Waals surface area (Å²) in [6.07, 6.45) is 0. The number of rotatable bonds is 2. The van der Waals surface area contributed by atoms with E-state index < -0.39 is 5.97 Å². The molecular formula is C11H8ClNO3. The molecular weight excluding hydrogens is 230 g/mol. The van der Waals surface area contributed by atoms with Crippen molar-refractivity contribution in [3.63, 3.8) is 0 Å². The van der Waals surface area contributed by atoms with Gasteiger partial charge >= 0.3 is 5.97 Å². The Balaban J connectivity index is 2.45. The van der Waals surface area contributed by atoms with Crippen LogP contribution in [0.2, 0.25) is 5.02 Å². The summed E-state index contributed by atoms with van der Waals surface area (Å²) in [7, 11) is 0. The Morgan fingerprint density at radius 1 is 1.38 bits per heavy atom. The summed E-state index contributed by atoms with van der Waals surface area (Å²) < 4.78 is 5.15. The minimum atomic E-state index is -1.12. The smallest absolute Gasteiger partial charge is 0.373 e. The van der Waals surface area contributed by atoms with Gasteiger partial charge < -0.3 is 9.52 Å². The first kappa shape index (κ1) is 10.7. The number of nitrogens with zero attached hydrogens (tertiary/aromatic N) is 1. The number of hydrogen-bond donors (Lipinski definition) is 1. The Kier molecular flexibility index (Phi) is 2.66. The van der Waals surface area contributed by atoms with Gasteiger partial charge in [-0.1, -0.05) is 11.6 Å². The molecule has 0 atom stereocenters. The molecule has 2 aromatic rings. The lowest BCUT2D eigenvalue weighted by atomic mass is 10.2. The van der Waals surface area contributed by atoms with E-state index in [9.17, 15) is 4.79 Å². The second kappa shape index (κ2) is 3.98. The molecule has 0 spiro atoms. The van der Waals surface area contributed by atoms with Crippen molar-refractivity contribution in [2.45, 2.75) is 6.92 Å². The van der Waals surface area contributed by atoms with E-state index in [0.717, 1.165) is 0 Å². The highest BCUT2D eigenvalue weighted by molar-refractivity contribution is 6.30. The van der Waals surface area contributed by atoms with Gasteiger partial charge in [0.05, 0.1) is 5.69 Å². The van der Waals surface area contributed by atoms with Gasteiger partial charge in [-0.05, 0) is 31.2 Å². The Morgan fingerprint density at radius 3 is 2.50 bits per heavy atom. The van der Waals surface area contributed by atoms with Crippen LogP contribution in [0.15, 0.2) is 28.7 Å². The largest absolute Gasteiger partial charge is 0.475 e. The number of aryl methyl sites for hydroxylation is 1. The molecule has 0 aliphatic carbocycles. The average molecular weight is 238 g/mol. The van der Waals surface area contributed by atoms with E-state index in [1.165, 1.54) is 0 Å². The van der Waals surface area contributed by atoms with Crippen LogP contribution >= 0.6 is 11.6 Å². The Morgan fingerprint density at radius 2 is 2.00 bits per heavy atom. The van der Waals surface area contributed by atoms with Crippen molar-refractivity contribution in [2.75, 3.05) is 0 Å². The monoisotopic (exact) mass is 237 g/mol. The zero-order valence-electron chi connectivity index (χ0n) is 8.40.